The predicted molar refractivity (Wildman–Crippen MR) is 107 cm³/mol. The zero-order valence-electron chi connectivity index (χ0n) is 15.8. The third-order valence-corrected chi connectivity index (χ3v) is 4.58. The Hall–Kier alpha value is -3.87. The van der Waals surface area contributed by atoms with Crippen molar-refractivity contribution >= 4 is 17.5 Å². The molecule has 2 aromatic carbocycles. The van der Waals surface area contributed by atoms with Gasteiger partial charge < -0.3 is 19.7 Å². The van der Waals surface area contributed by atoms with Crippen LogP contribution in [0.4, 0.5) is 5.69 Å². The molecule has 2 amide bonds. The minimum Gasteiger partial charge on any atom is -0.454 e. The normalized spacial score (nSPS) is 11.8. The second kappa shape index (κ2) is 8.02. The molecule has 0 saturated heterocycles. The SMILES string of the molecule is CN(C(=O)c1cc(C(=O)NCc2ccc3c(c2)OCO3)ccn1)c1ccccc1. The highest BCUT2D eigenvalue weighted by Gasteiger charge is 2.17. The van der Waals surface area contributed by atoms with E-state index in [1.807, 2.05) is 48.5 Å². The highest BCUT2D eigenvalue weighted by Crippen LogP contribution is 2.32. The highest BCUT2D eigenvalue weighted by atomic mass is 16.7. The number of nitrogens with zero attached hydrogens (tertiary/aromatic N) is 2. The molecule has 1 N–H and O–H groups in total. The second-order valence-corrected chi connectivity index (χ2v) is 6.50. The molecule has 0 spiro atoms. The number of hydrogen-bond acceptors (Lipinski definition) is 5. The molecule has 0 saturated carbocycles. The van der Waals surface area contributed by atoms with E-state index < -0.39 is 0 Å². The van der Waals surface area contributed by atoms with Crippen LogP contribution in [0.25, 0.3) is 0 Å². The zero-order chi connectivity index (χ0) is 20.2. The Morgan fingerprint density at radius 3 is 2.66 bits per heavy atom. The predicted octanol–water partition coefficient (Wildman–Crippen LogP) is 3.02. The molecular weight excluding hydrogens is 370 g/mol. The van der Waals surface area contributed by atoms with E-state index in [9.17, 15) is 9.59 Å². The van der Waals surface area contributed by atoms with E-state index in [2.05, 4.69) is 10.3 Å². The fraction of sp³-hybridized carbons (Fsp3) is 0.136. The lowest BCUT2D eigenvalue weighted by Gasteiger charge is -2.17. The molecule has 2 heterocycles. The van der Waals surface area contributed by atoms with Gasteiger partial charge in [-0.25, -0.2) is 0 Å². The van der Waals surface area contributed by atoms with Gasteiger partial charge in [0.25, 0.3) is 11.8 Å². The topological polar surface area (TPSA) is 80.8 Å². The van der Waals surface area contributed by atoms with Crippen LogP contribution in [0.3, 0.4) is 0 Å². The molecule has 0 atom stereocenters. The number of anilines is 1. The van der Waals surface area contributed by atoms with Gasteiger partial charge in [0.15, 0.2) is 11.5 Å². The summed E-state index contributed by atoms with van der Waals surface area (Å²) in [5.41, 5.74) is 2.20. The van der Waals surface area contributed by atoms with Gasteiger partial charge in [0.2, 0.25) is 6.79 Å². The summed E-state index contributed by atoms with van der Waals surface area (Å²) in [6.07, 6.45) is 1.46. The maximum Gasteiger partial charge on any atom is 0.276 e. The van der Waals surface area contributed by atoms with Crippen molar-refractivity contribution < 1.29 is 19.1 Å². The number of para-hydroxylation sites is 1. The first-order valence-corrected chi connectivity index (χ1v) is 9.08. The molecule has 146 valence electrons. The van der Waals surface area contributed by atoms with Gasteiger partial charge in [-0.2, -0.15) is 0 Å². The summed E-state index contributed by atoms with van der Waals surface area (Å²) in [4.78, 5) is 30.9. The number of carbonyl (C=O) groups excluding carboxylic acids is 2. The lowest BCUT2D eigenvalue weighted by atomic mass is 10.1. The zero-order valence-corrected chi connectivity index (χ0v) is 15.8. The van der Waals surface area contributed by atoms with Gasteiger partial charge in [-0.1, -0.05) is 24.3 Å². The van der Waals surface area contributed by atoms with Crippen molar-refractivity contribution in [3.8, 4) is 11.5 Å². The van der Waals surface area contributed by atoms with Crippen LogP contribution < -0.4 is 19.7 Å². The molecule has 1 aliphatic rings. The van der Waals surface area contributed by atoms with Crippen LogP contribution in [0.2, 0.25) is 0 Å². The summed E-state index contributed by atoms with van der Waals surface area (Å²) in [6, 6.07) is 17.8. The summed E-state index contributed by atoms with van der Waals surface area (Å²) < 4.78 is 10.6. The second-order valence-electron chi connectivity index (χ2n) is 6.50. The minimum atomic E-state index is -0.290. The number of rotatable bonds is 5. The summed E-state index contributed by atoms with van der Waals surface area (Å²) in [7, 11) is 1.67. The molecule has 3 aromatic rings. The van der Waals surface area contributed by atoms with Gasteiger partial charge in [0, 0.05) is 31.0 Å². The molecule has 29 heavy (non-hydrogen) atoms. The minimum absolute atomic E-state index is 0.201. The van der Waals surface area contributed by atoms with E-state index in [1.165, 1.54) is 17.2 Å². The average Bonchev–Trinajstić information content (AvgIpc) is 3.25. The number of amides is 2. The van der Waals surface area contributed by atoms with Crippen molar-refractivity contribution in [2.24, 2.45) is 0 Å². The number of fused-ring (bicyclic) bond motifs is 1. The first-order valence-electron chi connectivity index (χ1n) is 9.08. The molecule has 4 rings (SSSR count). The average molecular weight is 389 g/mol. The van der Waals surface area contributed by atoms with Crippen LogP contribution in [0.15, 0.2) is 66.9 Å². The Bertz CT molecular complexity index is 1050. The summed E-state index contributed by atoms with van der Waals surface area (Å²) in [5, 5.41) is 2.85. The molecule has 0 aliphatic carbocycles. The highest BCUT2D eigenvalue weighted by molar-refractivity contribution is 6.06. The number of hydrogen-bond donors (Lipinski definition) is 1. The van der Waals surface area contributed by atoms with Crippen LogP contribution in [-0.2, 0) is 6.54 Å². The largest absolute Gasteiger partial charge is 0.454 e. The summed E-state index contributed by atoms with van der Waals surface area (Å²) >= 11 is 0. The van der Waals surface area contributed by atoms with Gasteiger partial charge in [0.05, 0.1) is 0 Å². The lowest BCUT2D eigenvalue weighted by Crippen LogP contribution is -2.28. The van der Waals surface area contributed by atoms with Crippen molar-refractivity contribution in [3.63, 3.8) is 0 Å². The van der Waals surface area contributed by atoms with Crippen LogP contribution in [0.5, 0.6) is 11.5 Å². The van der Waals surface area contributed by atoms with E-state index in [0.29, 0.717) is 23.6 Å². The quantitative estimate of drug-likeness (QED) is 0.726. The van der Waals surface area contributed by atoms with Gasteiger partial charge in [-0.3, -0.25) is 14.6 Å². The number of nitrogens with one attached hydrogen (secondary N) is 1. The van der Waals surface area contributed by atoms with Crippen LogP contribution in [-0.4, -0.2) is 30.6 Å². The molecule has 7 heteroatoms. The monoisotopic (exact) mass is 389 g/mol. The number of aromatic nitrogens is 1. The number of ether oxygens (including phenoxy) is 2. The van der Waals surface area contributed by atoms with Gasteiger partial charge >= 0.3 is 0 Å². The van der Waals surface area contributed by atoms with Crippen LogP contribution in [0.1, 0.15) is 26.4 Å². The smallest absolute Gasteiger partial charge is 0.276 e. The molecule has 0 fully saturated rings. The Labute approximate surface area is 167 Å². The van der Waals surface area contributed by atoms with Crippen LogP contribution in [0, 0.1) is 0 Å². The fourth-order valence-electron chi connectivity index (χ4n) is 2.96. The molecular formula is C22H19N3O4. The van der Waals surface area contributed by atoms with E-state index in [1.54, 1.807) is 13.1 Å². The van der Waals surface area contributed by atoms with Crippen LogP contribution >= 0.6 is 0 Å². The van der Waals surface area contributed by atoms with Gasteiger partial charge in [-0.05, 0) is 42.0 Å². The Morgan fingerprint density at radius 1 is 1.03 bits per heavy atom. The number of carbonyl (C=O) groups is 2. The Balaban J connectivity index is 1.44. The molecule has 1 aliphatic heterocycles. The lowest BCUT2D eigenvalue weighted by molar-refractivity contribution is 0.0950. The third-order valence-electron chi connectivity index (χ3n) is 4.58. The third kappa shape index (κ3) is 4.03. The molecule has 7 nitrogen and oxygen atoms in total. The Morgan fingerprint density at radius 2 is 1.83 bits per heavy atom. The van der Waals surface area contributed by atoms with Crippen molar-refractivity contribution in [2.45, 2.75) is 6.54 Å². The fourth-order valence-corrected chi connectivity index (χ4v) is 2.96. The maximum atomic E-state index is 12.7. The van der Waals surface area contributed by atoms with Crippen molar-refractivity contribution in [3.05, 3.63) is 83.7 Å². The molecule has 0 bridgehead atoms. The standard InChI is InChI=1S/C22H19N3O4/c1-25(17-5-3-2-4-6-17)22(27)18-12-16(9-10-23-18)21(26)24-13-15-7-8-19-20(11-15)29-14-28-19/h2-12H,13-14H2,1H3,(H,24,26). The van der Waals surface area contributed by atoms with Gasteiger partial charge in [-0.15, -0.1) is 0 Å². The molecule has 0 radical (unpaired) electrons. The van der Waals surface area contributed by atoms with Gasteiger partial charge in [0.1, 0.15) is 5.69 Å². The number of benzene rings is 2. The van der Waals surface area contributed by atoms with Crippen molar-refractivity contribution in [2.75, 3.05) is 18.7 Å². The molecule has 0 unspecified atom stereocenters. The Kier molecular flexibility index (Phi) is 5.11. The first kappa shape index (κ1) is 18.5. The summed E-state index contributed by atoms with van der Waals surface area (Å²) in [6.45, 7) is 0.529. The molecule has 1 aromatic heterocycles. The first-order chi connectivity index (χ1) is 14.1. The van der Waals surface area contributed by atoms with E-state index in [4.69, 9.17) is 9.47 Å². The number of pyridine rings is 1. The maximum absolute atomic E-state index is 12.7. The van der Waals surface area contributed by atoms with Crippen molar-refractivity contribution in [1.82, 2.24) is 10.3 Å². The van der Waals surface area contributed by atoms with E-state index >= 15 is 0 Å². The summed E-state index contributed by atoms with van der Waals surface area (Å²) in [5.74, 6) is 0.778. The van der Waals surface area contributed by atoms with E-state index in [0.717, 1.165) is 11.3 Å². The van der Waals surface area contributed by atoms with E-state index in [-0.39, 0.29) is 24.3 Å². The van der Waals surface area contributed by atoms with Crippen molar-refractivity contribution in [1.29, 1.82) is 0 Å².